The summed E-state index contributed by atoms with van der Waals surface area (Å²) in [5.74, 6) is 1.93. The molecule has 0 saturated heterocycles. The van der Waals surface area contributed by atoms with Crippen LogP contribution in [-0.2, 0) is 0 Å². The third-order valence-electron chi connectivity index (χ3n) is 2.29. The molecule has 2 rings (SSSR count). The molecular formula is C11H14N4OS. The second-order valence-electron chi connectivity index (χ2n) is 3.56. The van der Waals surface area contributed by atoms with Crippen LogP contribution in [0.15, 0.2) is 28.9 Å². The largest absolute Gasteiger partial charge is 0.337 e. The number of aromatic nitrogens is 3. The van der Waals surface area contributed by atoms with Crippen molar-refractivity contribution in [3.05, 3.63) is 30.3 Å². The molecule has 2 aromatic heterocycles. The van der Waals surface area contributed by atoms with E-state index in [1.807, 2.05) is 24.5 Å². The Morgan fingerprint density at radius 2 is 2.35 bits per heavy atom. The monoisotopic (exact) mass is 250 g/mol. The molecule has 5 nitrogen and oxygen atoms in total. The maximum Gasteiger partial charge on any atom is 0.243 e. The first-order valence-corrected chi connectivity index (χ1v) is 6.70. The minimum Gasteiger partial charge on any atom is -0.337 e. The Labute approximate surface area is 104 Å². The second kappa shape index (κ2) is 5.79. The van der Waals surface area contributed by atoms with Crippen LogP contribution in [0.4, 0.5) is 0 Å². The lowest BCUT2D eigenvalue weighted by Crippen LogP contribution is -2.11. The van der Waals surface area contributed by atoms with Gasteiger partial charge in [0.15, 0.2) is 0 Å². The third-order valence-corrected chi connectivity index (χ3v) is 2.93. The van der Waals surface area contributed by atoms with Gasteiger partial charge in [-0.3, -0.25) is 4.98 Å². The van der Waals surface area contributed by atoms with Crippen molar-refractivity contribution in [2.24, 2.45) is 5.73 Å². The van der Waals surface area contributed by atoms with Gasteiger partial charge < -0.3 is 10.3 Å². The smallest absolute Gasteiger partial charge is 0.243 e. The number of pyridine rings is 1. The Hall–Kier alpha value is -1.40. The van der Waals surface area contributed by atoms with Crippen LogP contribution in [0.5, 0.6) is 0 Å². The lowest BCUT2D eigenvalue weighted by molar-refractivity contribution is 0.353. The number of nitrogens with zero attached hydrogens (tertiary/aromatic N) is 3. The Kier molecular flexibility index (Phi) is 4.11. The van der Waals surface area contributed by atoms with Crippen molar-refractivity contribution in [3.63, 3.8) is 0 Å². The van der Waals surface area contributed by atoms with E-state index in [0.29, 0.717) is 17.4 Å². The van der Waals surface area contributed by atoms with Crippen molar-refractivity contribution < 1.29 is 4.52 Å². The Bertz CT molecular complexity index is 460. The van der Waals surface area contributed by atoms with E-state index in [-0.39, 0.29) is 6.04 Å². The van der Waals surface area contributed by atoms with Gasteiger partial charge in [0.1, 0.15) is 5.69 Å². The normalized spacial score (nSPS) is 12.6. The van der Waals surface area contributed by atoms with Gasteiger partial charge in [0.2, 0.25) is 11.7 Å². The molecule has 0 fully saturated rings. The van der Waals surface area contributed by atoms with E-state index in [1.54, 1.807) is 18.0 Å². The van der Waals surface area contributed by atoms with Gasteiger partial charge in [-0.05, 0) is 30.6 Å². The van der Waals surface area contributed by atoms with Gasteiger partial charge in [-0.2, -0.15) is 16.7 Å². The highest BCUT2D eigenvalue weighted by molar-refractivity contribution is 7.98. The van der Waals surface area contributed by atoms with Crippen LogP contribution in [0.25, 0.3) is 11.5 Å². The SMILES string of the molecule is CSCC[C@H](N)c1nc(-c2ccccn2)no1. The zero-order chi connectivity index (χ0) is 12.1. The minimum atomic E-state index is -0.201. The van der Waals surface area contributed by atoms with Crippen molar-refractivity contribution in [1.29, 1.82) is 0 Å². The number of nitrogens with two attached hydrogens (primary N) is 1. The summed E-state index contributed by atoms with van der Waals surface area (Å²) in [7, 11) is 0. The van der Waals surface area contributed by atoms with E-state index in [2.05, 4.69) is 15.1 Å². The second-order valence-corrected chi connectivity index (χ2v) is 4.54. The number of hydrogen-bond acceptors (Lipinski definition) is 6. The highest BCUT2D eigenvalue weighted by atomic mass is 32.2. The van der Waals surface area contributed by atoms with E-state index in [9.17, 15) is 0 Å². The number of hydrogen-bond donors (Lipinski definition) is 1. The molecule has 0 radical (unpaired) electrons. The molecule has 2 N–H and O–H groups in total. The first kappa shape index (κ1) is 12.1. The lowest BCUT2D eigenvalue weighted by atomic mass is 10.2. The van der Waals surface area contributed by atoms with Crippen molar-refractivity contribution in [3.8, 4) is 11.5 Å². The van der Waals surface area contributed by atoms with E-state index in [1.165, 1.54) is 0 Å². The zero-order valence-corrected chi connectivity index (χ0v) is 10.4. The van der Waals surface area contributed by atoms with Crippen LogP contribution in [0.3, 0.4) is 0 Å². The maximum atomic E-state index is 5.94. The molecule has 0 bridgehead atoms. The molecule has 2 aromatic rings. The predicted octanol–water partition coefficient (Wildman–Crippen LogP) is 1.88. The summed E-state index contributed by atoms with van der Waals surface area (Å²) in [6, 6.07) is 5.36. The van der Waals surface area contributed by atoms with Gasteiger partial charge in [0.25, 0.3) is 0 Å². The van der Waals surface area contributed by atoms with Gasteiger partial charge in [-0.15, -0.1) is 0 Å². The van der Waals surface area contributed by atoms with Crippen LogP contribution < -0.4 is 5.73 Å². The average Bonchev–Trinajstić information content (AvgIpc) is 2.86. The Morgan fingerprint density at radius 1 is 1.47 bits per heavy atom. The zero-order valence-electron chi connectivity index (χ0n) is 9.54. The summed E-state index contributed by atoms with van der Waals surface area (Å²) in [6.45, 7) is 0. The van der Waals surface area contributed by atoms with E-state index in [4.69, 9.17) is 10.3 Å². The molecule has 0 unspecified atom stereocenters. The molecule has 1 atom stereocenters. The van der Waals surface area contributed by atoms with Gasteiger partial charge in [-0.25, -0.2) is 0 Å². The first-order valence-electron chi connectivity index (χ1n) is 5.31. The summed E-state index contributed by atoms with van der Waals surface area (Å²) in [5.41, 5.74) is 6.64. The average molecular weight is 250 g/mol. The summed E-state index contributed by atoms with van der Waals surface area (Å²) >= 11 is 1.75. The fraction of sp³-hybridized carbons (Fsp3) is 0.364. The van der Waals surface area contributed by atoms with Gasteiger partial charge in [-0.1, -0.05) is 11.2 Å². The van der Waals surface area contributed by atoms with Gasteiger partial charge in [0, 0.05) is 6.20 Å². The van der Waals surface area contributed by atoms with Crippen LogP contribution >= 0.6 is 11.8 Å². The molecule has 90 valence electrons. The van der Waals surface area contributed by atoms with Crippen molar-refractivity contribution in [2.75, 3.05) is 12.0 Å². The number of rotatable bonds is 5. The third kappa shape index (κ3) is 3.04. The molecule has 0 aliphatic carbocycles. The van der Waals surface area contributed by atoms with Crippen molar-refractivity contribution >= 4 is 11.8 Å². The highest BCUT2D eigenvalue weighted by Crippen LogP contribution is 2.18. The molecule has 0 amide bonds. The van der Waals surface area contributed by atoms with Crippen LogP contribution in [-0.4, -0.2) is 27.1 Å². The summed E-state index contributed by atoms with van der Waals surface area (Å²) in [5, 5.41) is 3.88. The lowest BCUT2D eigenvalue weighted by Gasteiger charge is -2.03. The predicted molar refractivity (Wildman–Crippen MR) is 67.5 cm³/mol. The summed E-state index contributed by atoms with van der Waals surface area (Å²) in [6.07, 6.45) is 4.56. The van der Waals surface area contributed by atoms with E-state index >= 15 is 0 Å². The van der Waals surface area contributed by atoms with Crippen molar-refractivity contribution in [1.82, 2.24) is 15.1 Å². The van der Waals surface area contributed by atoms with Crippen LogP contribution in [0, 0.1) is 0 Å². The van der Waals surface area contributed by atoms with Crippen LogP contribution in [0.1, 0.15) is 18.4 Å². The molecule has 6 heteroatoms. The molecule has 0 aromatic carbocycles. The fourth-order valence-corrected chi connectivity index (χ4v) is 1.84. The number of thioether (sulfide) groups is 1. The standard InChI is InChI=1S/C11H14N4OS/c1-17-7-5-8(12)11-14-10(15-16-11)9-4-2-3-6-13-9/h2-4,6,8H,5,7,12H2,1H3/t8-/m0/s1. The Balaban J connectivity index is 2.11. The molecule has 2 heterocycles. The molecular weight excluding hydrogens is 236 g/mol. The Morgan fingerprint density at radius 3 is 3.06 bits per heavy atom. The van der Waals surface area contributed by atoms with E-state index in [0.717, 1.165) is 12.2 Å². The highest BCUT2D eigenvalue weighted by Gasteiger charge is 2.15. The van der Waals surface area contributed by atoms with Crippen molar-refractivity contribution in [2.45, 2.75) is 12.5 Å². The maximum absolute atomic E-state index is 5.94. The quantitative estimate of drug-likeness (QED) is 0.873. The topological polar surface area (TPSA) is 77.8 Å². The summed E-state index contributed by atoms with van der Waals surface area (Å²) < 4.78 is 5.14. The molecule has 0 aliphatic rings. The minimum absolute atomic E-state index is 0.201. The van der Waals surface area contributed by atoms with Crippen LogP contribution in [0.2, 0.25) is 0 Å². The first-order chi connectivity index (χ1) is 8.31. The summed E-state index contributed by atoms with van der Waals surface area (Å²) in [4.78, 5) is 8.41. The van der Waals surface area contributed by atoms with E-state index < -0.39 is 0 Å². The van der Waals surface area contributed by atoms with Gasteiger partial charge >= 0.3 is 0 Å². The van der Waals surface area contributed by atoms with Gasteiger partial charge in [0.05, 0.1) is 6.04 Å². The molecule has 0 saturated carbocycles. The fourth-order valence-electron chi connectivity index (χ4n) is 1.35. The molecule has 0 aliphatic heterocycles. The molecule has 0 spiro atoms. The molecule has 17 heavy (non-hydrogen) atoms.